The van der Waals surface area contributed by atoms with E-state index in [1.807, 2.05) is 38.1 Å². The van der Waals surface area contributed by atoms with Crippen LogP contribution in [0.15, 0.2) is 24.3 Å². The number of halogens is 1. The van der Waals surface area contributed by atoms with Crippen LogP contribution >= 0.6 is 11.6 Å². The second-order valence-electron chi connectivity index (χ2n) is 5.91. The van der Waals surface area contributed by atoms with E-state index in [2.05, 4.69) is 44.3 Å². The molecule has 0 aliphatic carbocycles. The highest BCUT2D eigenvalue weighted by Gasteiger charge is 2.14. The van der Waals surface area contributed by atoms with Gasteiger partial charge >= 0.3 is 0 Å². The van der Waals surface area contributed by atoms with Crippen molar-refractivity contribution < 1.29 is 0 Å². The fourth-order valence-corrected chi connectivity index (χ4v) is 2.43. The van der Waals surface area contributed by atoms with Crippen molar-refractivity contribution in [2.45, 2.75) is 41.0 Å². The highest BCUT2D eigenvalue weighted by molar-refractivity contribution is 6.33. The summed E-state index contributed by atoms with van der Waals surface area (Å²) >= 11 is 6.27. The fraction of sp³-hybridized carbons (Fsp3) is 0.333. The van der Waals surface area contributed by atoms with Crippen molar-refractivity contribution in [3.05, 3.63) is 46.4 Å². The van der Waals surface area contributed by atoms with Crippen molar-refractivity contribution in [2.75, 3.05) is 5.32 Å². The molecule has 0 aliphatic rings. The van der Waals surface area contributed by atoms with E-state index in [1.165, 1.54) is 0 Å². The maximum absolute atomic E-state index is 6.27. The van der Waals surface area contributed by atoms with Crippen molar-refractivity contribution in [1.29, 1.82) is 0 Å². The smallest absolute Gasteiger partial charge is 0.247 e. The number of aryl methyl sites for hydroxylation is 1. The predicted molar refractivity (Wildman–Crippen MR) is 102 cm³/mol. The first-order chi connectivity index (χ1) is 11.5. The molecule has 2 aromatic heterocycles. The first-order valence-electron chi connectivity index (χ1n) is 7.75. The number of nitrogens with zero attached hydrogens (tertiary/aromatic N) is 4. The van der Waals surface area contributed by atoms with Gasteiger partial charge in [0, 0.05) is 22.7 Å². The zero-order valence-electron chi connectivity index (χ0n) is 14.1. The normalized spacial score (nSPS) is 10.6. The van der Waals surface area contributed by atoms with E-state index in [0.29, 0.717) is 22.6 Å². The van der Waals surface area contributed by atoms with Crippen LogP contribution in [0.4, 0.5) is 11.8 Å². The van der Waals surface area contributed by atoms with Gasteiger partial charge in [-0.1, -0.05) is 45.0 Å². The molecule has 1 aromatic carbocycles. The highest BCUT2D eigenvalue weighted by Crippen LogP contribution is 2.28. The van der Waals surface area contributed by atoms with Gasteiger partial charge in [-0.25, -0.2) is 9.97 Å². The molecule has 2 N–H and O–H groups in total. The van der Waals surface area contributed by atoms with Gasteiger partial charge in [-0.15, -0.1) is 5.10 Å². The third-order valence-electron chi connectivity index (χ3n) is 3.78. The third-order valence-corrected chi connectivity index (χ3v) is 4.11. The quantitative estimate of drug-likeness (QED) is 0.683. The fourth-order valence-electron chi connectivity index (χ4n) is 2.21. The van der Waals surface area contributed by atoms with Crippen LogP contribution in [0.25, 0.3) is 11.4 Å². The lowest BCUT2D eigenvalue weighted by molar-refractivity contribution is 0.781. The molecule has 6 nitrogen and oxygen atoms in total. The maximum atomic E-state index is 6.27. The van der Waals surface area contributed by atoms with Gasteiger partial charge in [-0.3, -0.25) is 5.10 Å². The summed E-state index contributed by atoms with van der Waals surface area (Å²) < 4.78 is 0. The summed E-state index contributed by atoms with van der Waals surface area (Å²) in [5.41, 5.74) is 2.62. The van der Waals surface area contributed by atoms with E-state index in [4.69, 9.17) is 11.6 Å². The van der Waals surface area contributed by atoms with Crippen LogP contribution in [0.5, 0.6) is 0 Å². The average Bonchev–Trinajstić information content (AvgIpc) is 3.01. The molecule has 0 unspecified atom stereocenters. The van der Waals surface area contributed by atoms with Crippen molar-refractivity contribution >= 4 is 23.4 Å². The van der Waals surface area contributed by atoms with E-state index < -0.39 is 0 Å². The van der Waals surface area contributed by atoms with Crippen molar-refractivity contribution in [3.63, 3.8) is 0 Å². The van der Waals surface area contributed by atoms with Gasteiger partial charge in [0.2, 0.25) is 5.95 Å². The summed E-state index contributed by atoms with van der Waals surface area (Å²) in [6.07, 6.45) is 0. The molecular formula is C18H23ClN6. The first kappa shape index (κ1) is 18.9. The zero-order chi connectivity index (χ0) is 17.3. The molecule has 0 saturated carbocycles. The van der Waals surface area contributed by atoms with Crippen molar-refractivity contribution in [3.8, 4) is 11.4 Å². The second-order valence-corrected chi connectivity index (χ2v) is 6.32. The van der Waals surface area contributed by atoms with Gasteiger partial charge in [0.15, 0.2) is 5.82 Å². The minimum absolute atomic E-state index is 0. The molecule has 0 spiro atoms. The lowest BCUT2D eigenvalue weighted by Crippen LogP contribution is -2.04. The van der Waals surface area contributed by atoms with Gasteiger partial charge < -0.3 is 5.32 Å². The Morgan fingerprint density at radius 3 is 2.44 bits per heavy atom. The Hall–Kier alpha value is -2.47. The molecule has 0 bridgehead atoms. The molecule has 0 radical (unpaired) electrons. The number of aromatic nitrogens is 5. The van der Waals surface area contributed by atoms with Crippen molar-refractivity contribution in [2.24, 2.45) is 0 Å². The highest BCUT2D eigenvalue weighted by atomic mass is 35.5. The number of hydrogen-bond donors (Lipinski definition) is 2. The van der Waals surface area contributed by atoms with Gasteiger partial charge in [0.25, 0.3) is 0 Å². The molecule has 2 heterocycles. The van der Waals surface area contributed by atoms with Crippen LogP contribution in [0.2, 0.25) is 5.02 Å². The van der Waals surface area contributed by atoms with Crippen LogP contribution in [-0.4, -0.2) is 25.1 Å². The lowest BCUT2D eigenvalue weighted by atomic mass is 10.2. The molecule has 0 saturated heterocycles. The van der Waals surface area contributed by atoms with Gasteiger partial charge in [-0.05, 0) is 26.0 Å². The van der Waals surface area contributed by atoms with E-state index in [1.54, 1.807) is 0 Å². The zero-order valence-corrected chi connectivity index (χ0v) is 14.8. The Balaban J connectivity index is 0.00000225. The number of hydrogen-bond acceptors (Lipinski definition) is 5. The van der Waals surface area contributed by atoms with Crippen LogP contribution in [0.3, 0.4) is 0 Å². The van der Waals surface area contributed by atoms with Gasteiger partial charge in [0.05, 0.1) is 5.02 Å². The van der Waals surface area contributed by atoms with Gasteiger partial charge in [-0.2, -0.15) is 4.98 Å². The Morgan fingerprint density at radius 2 is 1.80 bits per heavy atom. The number of anilines is 2. The number of H-pyrrole nitrogens is 1. The minimum Gasteiger partial charge on any atom is -0.307 e. The van der Waals surface area contributed by atoms with Gasteiger partial charge in [0.1, 0.15) is 11.6 Å². The van der Waals surface area contributed by atoms with Crippen LogP contribution in [0, 0.1) is 13.8 Å². The molecule has 0 atom stereocenters. The van der Waals surface area contributed by atoms with E-state index in [-0.39, 0.29) is 13.3 Å². The maximum Gasteiger partial charge on any atom is 0.247 e. The summed E-state index contributed by atoms with van der Waals surface area (Å²) in [5, 5.41) is 10.9. The molecule has 0 aliphatic heterocycles. The van der Waals surface area contributed by atoms with Crippen LogP contribution in [0.1, 0.15) is 44.3 Å². The molecule has 3 aromatic rings. The van der Waals surface area contributed by atoms with E-state index >= 15 is 0 Å². The summed E-state index contributed by atoms with van der Waals surface area (Å²) in [5.74, 6) is 2.84. The Labute approximate surface area is 153 Å². The third kappa shape index (κ3) is 3.96. The monoisotopic (exact) mass is 358 g/mol. The molecular weight excluding hydrogens is 336 g/mol. The van der Waals surface area contributed by atoms with Crippen molar-refractivity contribution in [1.82, 2.24) is 25.1 Å². The molecule has 3 rings (SSSR count). The molecule has 25 heavy (non-hydrogen) atoms. The Kier molecular flexibility index (Phi) is 5.74. The Bertz CT molecular complexity index is 872. The second kappa shape index (κ2) is 7.61. The van der Waals surface area contributed by atoms with Crippen LogP contribution < -0.4 is 5.32 Å². The van der Waals surface area contributed by atoms with E-state index in [0.717, 1.165) is 22.6 Å². The Morgan fingerprint density at radius 1 is 1.08 bits per heavy atom. The largest absolute Gasteiger partial charge is 0.307 e. The molecule has 7 heteroatoms. The topological polar surface area (TPSA) is 79.4 Å². The molecule has 132 valence electrons. The standard InChI is InChI=1S/C17H19ClN6.CH4/c1-9(2)14-21-17(24-23-14)22-15-10(3)11(4)19-16(20-15)12-7-5-6-8-13(12)18;/h5-9H,1-4H3,(H2,19,20,21,22,23,24);1H4. The number of aromatic amines is 1. The number of nitrogens with one attached hydrogen (secondary N) is 2. The van der Waals surface area contributed by atoms with E-state index in [9.17, 15) is 0 Å². The molecule has 0 fully saturated rings. The average molecular weight is 359 g/mol. The predicted octanol–water partition coefficient (Wildman–Crippen LogP) is 5.04. The number of benzene rings is 1. The summed E-state index contributed by atoms with van der Waals surface area (Å²) in [7, 11) is 0. The minimum atomic E-state index is 0. The first-order valence-corrected chi connectivity index (χ1v) is 8.13. The SMILES string of the molecule is C.Cc1nc(-c2ccccc2Cl)nc(Nc2n[nH]c(C(C)C)n2)c1C. The number of rotatable bonds is 4. The van der Waals surface area contributed by atoms with Crippen LogP contribution in [-0.2, 0) is 0 Å². The molecule has 0 amide bonds. The lowest BCUT2D eigenvalue weighted by Gasteiger charge is -2.11. The summed E-state index contributed by atoms with van der Waals surface area (Å²) in [6, 6.07) is 7.52. The summed E-state index contributed by atoms with van der Waals surface area (Å²) in [4.78, 5) is 13.6. The summed E-state index contributed by atoms with van der Waals surface area (Å²) in [6.45, 7) is 8.02.